The van der Waals surface area contributed by atoms with Gasteiger partial charge in [0.05, 0.1) is 36.5 Å². The number of aryl methyl sites for hydroxylation is 2. The monoisotopic (exact) mass is 456 g/mol. The van der Waals surface area contributed by atoms with Crippen molar-refractivity contribution in [3.8, 4) is 0 Å². The summed E-state index contributed by atoms with van der Waals surface area (Å²) in [5.41, 5.74) is 3.11. The van der Waals surface area contributed by atoms with Crippen LogP contribution in [0.5, 0.6) is 0 Å². The Bertz CT molecular complexity index is 894. The van der Waals surface area contributed by atoms with Gasteiger partial charge in [0.2, 0.25) is 0 Å². The minimum absolute atomic E-state index is 0.161. The molecule has 0 N–H and O–H groups in total. The van der Waals surface area contributed by atoms with Crippen LogP contribution in [0, 0.1) is 0 Å². The largest absolute Gasteiger partial charge is 0.459 e. The van der Waals surface area contributed by atoms with E-state index in [4.69, 9.17) is 18.9 Å². The zero-order chi connectivity index (χ0) is 24.2. The Morgan fingerprint density at radius 3 is 1.67 bits per heavy atom. The average Bonchev–Trinajstić information content (AvgIpc) is 2.84. The first-order valence-corrected chi connectivity index (χ1v) is 11.6. The highest BCUT2D eigenvalue weighted by Crippen LogP contribution is 2.13. The van der Waals surface area contributed by atoms with Crippen LogP contribution in [-0.4, -0.2) is 50.1 Å². The minimum atomic E-state index is -0.387. The van der Waals surface area contributed by atoms with Gasteiger partial charge in [0.1, 0.15) is 12.7 Å². The van der Waals surface area contributed by atoms with Crippen LogP contribution in [0.15, 0.2) is 48.5 Å². The summed E-state index contributed by atoms with van der Waals surface area (Å²) in [5, 5.41) is 0. The number of benzene rings is 2. The summed E-state index contributed by atoms with van der Waals surface area (Å²) in [7, 11) is 0. The van der Waals surface area contributed by atoms with E-state index in [1.807, 2.05) is 64.1 Å². The molecule has 0 saturated carbocycles. The molecule has 2 aromatic carbocycles. The summed E-state index contributed by atoms with van der Waals surface area (Å²) in [6.07, 6.45) is 0.679. The minimum Gasteiger partial charge on any atom is -0.459 e. The molecule has 6 heteroatoms. The van der Waals surface area contributed by atoms with Crippen molar-refractivity contribution in [3.63, 3.8) is 0 Å². The molecule has 3 atom stereocenters. The van der Waals surface area contributed by atoms with Gasteiger partial charge in [-0.15, -0.1) is 0 Å². The molecule has 0 aliphatic heterocycles. The van der Waals surface area contributed by atoms with E-state index >= 15 is 0 Å². The number of carbonyl (C=O) groups is 2. The third-order valence-electron chi connectivity index (χ3n) is 5.22. The third kappa shape index (κ3) is 8.63. The van der Waals surface area contributed by atoms with E-state index in [1.165, 1.54) is 0 Å². The maximum absolute atomic E-state index is 12.4. The van der Waals surface area contributed by atoms with Crippen molar-refractivity contribution in [2.24, 2.45) is 0 Å². The molecular weight excluding hydrogens is 420 g/mol. The van der Waals surface area contributed by atoms with Crippen molar-refractivity contribution >= 4 is 11.9 Å². The second kappa shape index (κ2) is 13.8. The molecule has 0 aliphatic rings. The van der Waals surface area contributed by atoms with Crippen molar-refractivity contribution in [1.82, 2.24) is 0 Å². The van der Waals surface area contributed by atoms with Gasteiger partial charge in [0, 0.05) is 0 Å². The van der Waals surface area contributed by atoms with Gasteiger partial charge in [-0.3, -0.25) is 0 Å². The number of rotatable bonds is 13. The second-order valence-electron chi connectivity index (χ2n) is 8.12. The zero-order valence-electron chi connectivity index (χ0n) is 20.3. The van der Waals surface area contributed by atoms with Crippen LogP contribution in [0.3, 0.4) is 0 Å². The molecule has 0 bridgehead atoms. The van der Waals surface area contributed by atoms with Crippen LogP contribution in [0.1, 0.15) is 66.5 Å². The molecular formula is C27H36O6. The van der Waals surface area contributed by atoms with Crippen molar-refractivity contribution in [2.75, 3.05) is 19.8 Å². The van der Waals surface area contributed by atoms with Gasteiger partial charge < -0.3 is 18.9 Å². The molecule has 2 rings (SSSR count). The van der Waals surface area contributed by atoms with Gasteiger partial charge in [-0.2, -0.15) is 0 Å². The Hall–Kier alpha value is -2.70. The maximum Gasteiger partial charge on any atom is 0.338 e. The molecule has 0 aliphatic carbocycles. The van der Waals surface area contributed by atoms with Crippen molar-refractivity contribution in [1.29, 1.82) is 0 Å². The highest BCUT2D eigenvalue weighted by molar-refractivity contribution is 5.91. The number of hydrogen-bond donors (Lipinski definition) is 0. The third-order valence-corrected chi connectivity index (χ3v) is 5.22. The van der Waals surface area contributed by atoms with E-state index in [9.17, 15) is 9.59 Å². The summed E-state index contributed by atoms with van der Waals surface area (Å²) < 4.78 is 22.4. The molecule has 6 nitrogen and oxygen atoms in total. The molecule has 0 heterocycles. The summed E-state index contributed by atoms with van der Waals surface area (Å²) in [5.74, 6) is -0.681. The highest BCUT2D eigenvalue weighted by atomic mass is 16.6. The standard InChI is InChI=1S/C27H36O6/c1-6-22-12-8-10-14-24(22)26(28)32-17-20(4)30-16-19(3)31-18-21(5)33-27(29)25-15-11-9-13-23(25)7-2/h8-15,19-21H,6-7,16-18H2,1-5H3. The van der Waals surface area contributed by atoms with Crippen LogP contribution in [0.25, 0.3) is 0 Å². The number of esters is 2. The number of ether oxygens (including phenoxy) is 4. The lowest BCUT2D eigenvalue weighted by atomic mass is 10.1. The molecule has 0 fully saturated rings. The normalized spacial score (nSPS) is 13.7. The molecule has 0 amide bonds. The number of carbonyl (C=O) groups excluding carboxylic acids is 2. The van der Waals surface area contributed by atoms with Crippen LogP contribution in [-0.2, 0) is 31.8 Å². The first kappa shape index (κ1) is 26.6. The lowest BCUT2D eigenvalue weighted by Crippen LogP contribution is -2.28. The van der Waals surface area contributed by atoms with E-state index < -0.39 is 0 Å². The number of hydrogen-bond acceptors (Lipinski definition) is 6. The van der Waals surface area contributed by atoms with E-state index in [2.05, 4.69) is 0 Å². The van der Waals surface area contributed by atoms with Gasteiger partial charge in [0.25, 0.3) is 0 Å². The molecule has 2 aromatic rings. The molecule has 33 heavy (non-hydrogen) atoms. The quantitative estimate of drug-likeness (QED) is 0.394. The average molecular weight is 457 g/mol. The molecule has 0 aromatic heterocycles. The second-order valence-corrected chi connectivity index (χ2v) is 8.12. The van der Waals surface area contributed by atoms with E-state index in [0.717, 1.165) is 24.0 Å². The smallest absolute Gasteiger partial charge is 0.338 e. The maximum atomic E-state index is 12.4. The van der Waals surface area contributed by atoms with Crippen molar-refractivity contribution in [3.05, 3.63) is 70.8 Å². The lowest BCUT2D eigenvalue weighted by molar-refractivity contribution is -0.0683. The van der Waals surface area contributed by atoms with Crippen LogP contribution < -0.4 is 0 Å². The summed E-state index contributed by atoms with van der Waals surface area (Å²) >= 11 is 0. The van der Waals surface area contributed by atoms with Gasteiger partial charge in [-0.05, 0) is 56.9 Å². The Morgan fingerprint density at radius 2 is 1.12 bits per heavy atom. The van der Waals surface area contributed by atoms with E-state index in [0.29, 0.717) is 17.7 Å². The van der Waals surface area contributed by atoms with Gasteiger partial charge in [-0.1, -0.05) is 50.2 Å². The molecule has 0 radical (unpaired) electrons. The molecule has 0 saturated heterocycles. The Morgan fingerprint density at radius 1 is 0.667 bits per heavy atom. The summed E-state index contributed by atoms with van der Waals surface area (Å²) in [6.45, 7) is 10.3. The molecule has 180 valence electrons. The Kier molecular flexibility index (Phi) is 11.1. The molecule has 0 spiro atoms. The Labute approximate surface area is 197 Å². The topological polar surface area (TPSA) is 71.1 Å². The Balaban J connectivity index is 1.68. The lowest BCUT2D eigenvalue weighted by Gasteiger charge is -2.20. The first-order chi connectivity index (χ1) is 15.8. The highest BCUT2D eigenvalue weighted by Gasteiger charge is 2.17. The van der Waals surface area contributed by atoms with E-state index in [1.54, 1.807) is 19.1 Å². The predicted molar refractivity (Wildman–Crippen MR) is 128 cm³/mol. The zero-order valence-corrected chi connectivity index (χ0v) is 20.3. The van der Waals surface area contributed by atoms with Gasteiger partial charge in [-0.25, -0.2) is 9.59 Å². The van der Waals surface area contributed by atoms with Gasteiger partial charge in [0.15, 0.2) is 0 Å². The predicted octanol–water partition coefficient (Wildman–Crippen LogP) is 5.02. The van der Waals surface area contributed by atoms with E-state index in [-0.39, 0.29) is 43.5 Å². The van der Waals surface area contributed by atoms with Crippen molar-refractivity contribution in [2.45, 2.75) is 65.8 Å². The van der Waals surface area contributed by atoms with Crippen LogP contribution in [0.2, 0.25) is 0 Å². The fourth-order valence-corrected chi connectivity index (χ4v) is 3.30. The van der Waals surface area contributed by atoms with Gasteiger partial charge >= 0.3 is 11.9 Å². The first-order valence-electron chi connectivity index (χ1n) is 11.6. The van der Waals surface area contributed by atoms with Crippen molar-refractivity contribution < 1.29 is 28.5 Å². The van der Waals surface area contributed by atoms with Crippen LogP contribution >= 0.6 is 0 Å². The summed E-state index contributed by atoms with van der Waals surface area (Å²) in [4.78, 5) is 24.8. The van der Waals surface area contributed by atoms with Crippen LogP contribution in [0.4, 0.5) is 0 Å². The fourth-order valence-electron chi connectivity index (χ4n) is 3.30. The summed E-state index contributed by atoms with van der Waals surface area (Å²) in [6, 6.07) is 14.9. The SMILES string of the molecule is CCc1ccccc1C(=O)OCC(C)OCC(C)OCC(C)OC(=O)c1ccccc1CC. The molecule has 3 unspecified atom stereocenters. The fraction of sp³-hybridized carbons (Fsp3) is 0.481.